The first-order chi connectivity index (χ1) is 14.1. The van der Waals surface area contributed by atoms with Crippen LogP contribution < -0.4 is 5.32 Å². The second-order valence-electron chi connectivity index (χ2n) is 9.64. The zero-order valence-corrected chi connectivity index (χ0v) is 18.6. The third-order valence-corrected chi connectivity index (χ3v) is 6.91. The van der Waals surface area contributed by atoms with Crippen molar-refractivity contribution in [2.45, 2.75) is 77.7 Å². The summed E-state index contributed by atoms with van der Waals surface area (Å²) < 4.78 is 5.99. The van der Waals surface area contributed by atoms with Crippen molar-refractivity contribution in [1.29, 1.82) is 0 Å². The molecule has 0 bridgehead atoms. The van der Waals surface area contributed by atoms with Gasteiger partial charge in [0.2, 0.25) is 5.60 Å². The molecule has 7 atom stereocenters. The Morgan fingerprint density at radius 2 is 1.93 bits per heavy atom. The largest absolute Gasteiger partial charge is 0.444 e. The molecule has 0 aromatic carbocycles. The van der Waals surface area contributed by atoms with Gasteiger partial charge >= 0.3 is 5.97 Å². The number of aliphatic hydroxyl groups excluding tert-OH is 2. The SMILES string of the molecule is CC1=C[C@H]2C=C(C)[C@@H](C)[C@H]3[C@H](CC(C)C)NC(=O)[C@@]23OC(=O)C=C[C@@H](O)[C@H](O)CC1. The van der Waals surface area contributed by atoms with E-state index < -0.39 is 23.8 Å². The molecule has 1 spiro atoms. The summed E-state index contributed by atoms with van der Waals surface area (Å²) >= 11 is 0. The lowest BCUT2D eigenvalue weighted by Crippen LogP contribution is -2.56. The monoisotopic (exact) mass is 417 g/mol. The van der Waals surface area contributed by atoms with Crippen LogP contribution in [0.5, 0.6) is 0 Å². The summed E-state index contributed by atoms with van der Waals surface area (Å²) in [5.41, 5.74) is 0.858. The van der Waals surface area contributed by atoms with Gasteiger partial charge in [0.05, 0.1) is 12.2 Å². The highest BCUT2D eigenvalue weighted by Crippen LogP contribution is 2.50. The van der Waals surface area contributed by atoms with Gasteiger partial charge in [-0.3, -0.25) is 4.79 Å². The average Bonchev–Trinajstić information content (AvgIpc) is 2.93. The molecule has 1 fully saturated rings. The Bertz CT molecular complexity index is 782. The van der Waals surface area contributed by atoms with Gasteiger partial charge in [-0.2, -0.15) is 0 Å². The number of carbonyl (C=O) groups excluding carboxylic acids is 2. The van der Waals surface area contributed by atoms with Crippen molar-refractivity contribution in [1.82, 2.24) is 5.32 Å². The summed E-state index contributed by atoms with van der Waals surface area (Å²) in [5, 5.41) is 23.4. The number of aliphatic hydroxyl groups is 2. The molecule has 1 amide bonds. The first-order valence-electron chi connectivity index (χ1n) is 11.0. The van der Waals surface area contributed by atoms with E-state index in [0.717, 1.165) is 18.1 Å². The third-order valence-electron chi connectivity index (χ3n) is 6.91. The maximum absolute atomic E-state index is 13.4. The number of rotatable bonds is 2. The van der Waals surface area contributed by atoms with E-state index in [9.17, 15) is 19.8 Å². The van der Waals surface area contributed by atoms with E-state index in [0.29, 0.717) is 18.8 Å². The van der Waals surface area contributed by atoms with Crippen molar-refractivity contribution in [3.8, 4) is 0 Å². The average molecular weight is 418 g/mol. The number of nitrogens with one attached hydrogen (secondary N) is 1. The molecule has 0 aromatic rings. The van der Waals surface area contributed by atoms with Crippen LogP contribution in [0.2, 0.25) is 0 Å². The fraction of sp³-hybridized carbons (Fsp3) is 0.667. The smallest absolute Gasteiger partial charge is 0.331 e. The fourth-order valence-electron chi connectivity index (χ4n) is 5.27. The number of esters is 1. The Morgan fingerprint density at radius 3 is 2.60 bits per heavy atom. The van der Waals surface area contributed by atoms with E-state index in [1.165, 1.54) is 11.6 Å². The fourth-order valence-corrected chi connectivity index (χ4v) is 5.27. The molecule has 0 saturated carbocycles. The lowest BCUT2D eigenvalue weighted by atomic mass is 9.63. The first-order valence-corrected chi connectivity index (χ1v) is 11.0. The van der Waals surface area contributed by atoms with Crippen LogP contribution in [0.4, 0.5) is 0 Å². The summed E-state index contributed by atoms with van der Waals surface area (Å²) in [6, 6.07) is -0.0792. The Kier molecular flexibility index (Phi) is 6.58. The summed E-state index contributed by atoms with van der Waals surface area (Å²) in [4.78, 5) is 26.2. The molecule has 0 aromatic heterocycles. The highest BCUT2D eigenvalue weighted by atomic mass is 16.6. The molecule has 3 N–H and O–H groups in total. The van der Waals surface area contributed by atoms with Crippen LogP contribution in [0.1, 0.15) is 53.9 Å². The predicted molar refractivity (Wildman–Crippen MR) is 114 cm³/mol. The van der Waals surface area contributed by atoms with E-state index in [-0.39, 0.29) is 29.7 Å². The van der Waals surface area contributed by atoms with Gasteiger partial charge in [-0.1, -0.05) is 44.1 Å². The van der Waals surface area contributed by atoms with Crippen molar-refractivity contribution in [2.75, 3.05) is 0 Å². The van der Waals surface area contributed by atoms with Crippen LogP contribution in [0, 0.1) is 23.7 Å². The van der Waals surface area contributed by atoms with Crippen LogP contribution in [-0.2, 0) is 14.3 Å². The molecule has 166 valence electrons. The van der Waals surface area contributed by atoms with Crippen LogP contribution in [0.3, 0.4) is 0 Å². The lowest BCUT2D eigenvalue weighted by Gasteiger charge is -2.45. The van der Waals surface area contributed by atoms with Crippen molar-refractivity contribution < 1.29 is 24.5 Å². The van der Waals surface area contributed by atoms with Crippen LogP contribution in [0.15, 0.2) is 35.5 Å². The zero-order chi connectivity index (χ0) is 22.2. The molecule has 3 rings (SSSR count). The quantitative estimate of drug-likeness (QED) is 0.474. The van der Waals surface area contributed by atoms with E-state index >= 15 is 0 Å². The maximum atomic E-state index is 13.4. The first kappa shape index (κ1) is 22.8. The molecule has 2 heterocycles. The van der Waals surface area contributed by atoms with Crippen LogP contribution in [0.25, 0.3) is 0 Å². The summed E-state index contributed by atoms with van der Waals surface area (Å²) in [5.74, 6) is -1.02. The Labute approximate surface area is 179 Å². The molecule has 6 heteroatoms. The maximum Gasteiger partial charge on any atom is 0.331 e. The van der Waals surface area contributed by atoms with Gasteiger partial charge in [0.15, 0.2) is 0 Å². The Hall–Kier alpha value is -1.92. The molecule has 0 radical (unpaired) electrons. The van der Waals surface area contributed by atoms with E-state index in [1.807, 2.05) is 13.0 Å². The lowest BCUT2D eigenvalue weighted by molar-refractivity contribution is -0.172. The topological polar surface area (TPSA) is 95.9 Å². The van der Waals surface area contributed by atoms with Crippen molar-refractivity contribution in [3.63, 3.8) is 0 Å². The predicted octanol–water partition coefficient (Wildman–Crippen LogP) is 2.66. The molecule has 1 saturated heterocycles. The molecule has 30 heavy (non-hydrogen) atoms. The minimum absolute atomic E-state index is 0.0785. The van der Waals surface area contributed by atoms with Gasteiger partial charge in [-0.25, -0.2) is 4.79 Å². The summed E-state index contributed by atoms with van der Waals surface area (Å²) in [6.07, 6.45) is 6.06. The minimum atomic E-state index is -1.32. The number of allylic oxidation sites excluding steroid dienone is 2. The van der Waals surface area contributed by atoms with Crippen molar-refractivity contribution in [3.05, 3.63) is 35.5 Å². The van der Waals surface area contributed by atoms with Crippen molar-refractivity contribution >= 4 is 11.9 Å². The molecule has 0 unspecified atom stereocenters. The van der Waals surface area contributed by atoms with Gasteiger partial charge < -0.3 is 20.3 Å². The molecule has 6 nitrogen and oxygen atoms in total. The van der Waals surface area contributed by atoms with Gasteiger partial charge in [-0.15, -0.1) is 0 Å². The zero-order valence-electron chi connectivity index (χ0n) is 18.6. The number of carbonyl (C=O) groups is 2. The van der Waals surface area contributed by atoms with Gasteiger partial charge in [-0.05, 0) is 51.0 Å². The number of ether oxygens (including phenoxy) is 1. The number of amides is 1. The van der Waals surface area contributed by atoms with Crippen LogP contribution >= 0.6 is 0 Å². The van der Waals surface area contributed by atoms with Crippen LogP contribution in [-0.4, -0.2) is 45.9 Å². The Balaban J connectivity index is 2.13. The molecular formula is C24H35NO5. The molecule has 2 aliphatic heterocycles. The highest BCUT2D eigenvalue weighted by Gasteiger charge is 2.64. The van der Waals surface area contributed by atoms with Gasteiger partial charge in [0.1, 0.15) is 0 Å². The van der Waals surface area contributed by atoms with E-state index in [4.69, 9.17) is 4.74 Å². The van der Waals surface area contributed by atoms with Gasteiger partial charge in [0.25, 0.3) is 5.91 Å². The standard InChI is InChI=1S/C24H35NO5/c1-13(2)10-18-22-16(5)15(4)12-17-11-14(3)6-7-19(26)20(27)8-9-21(28)30-24(17,22)23(29)25-18/h8-9,11-13,16-20,22,26-27H,6-7,10H2,1-5H3,(H,25,29)/t16-,17+,18+,19-,20-,22+,24-/m1/s1. The number of hydrogen-bond acceptors (Lipinski definition) is 5. The van der Waals surface area contributed by atoms with Crippen molar-refractivity contribution in [2.24, 2.45) is 23.7 Å². The Morgan fingerprint density at radius 1 is 1.23 bits per heavy atom. The van der Waals surface area contributed by atoms with E-state index in [2.05, 4.69) is 39.1 Å². The molecule has 1 aliphatic carbocycles. The number of hydrogen-bond donors (Lipinski definition) is 3. The molecule has 3 aliphatic rings. The normalized spacial score (nSPS) is 39.7. The minimum Gasteiger partial charge on any atom is -0.444 e. The summed E-state index contributed by atoms with van der Waals surface area (Å²) in [7, 11) is 0. The second kappa shape index (κ2) is 8.67. The third kappa shape index (κ3) is 4.12. The van der Waals surface area contributed by atoms with Gasteiger partial charge in [0, 0.05) is 24.0 Å². The second-order valence-corrected chi connectivity index (χ2v) is 9.64. The molecular weight excluding hydrogens is 382 g/mol. The van der Waals surface area contributed by atoms with E-state index in [1.54, 1.807) is 0 Å². The highest BCUT2D eigenvalue weighted by molar-refractivity contribution is 5.94. The summed E-state index contributed by atoms with van der Waals surface area (Å²) in [6.45, 7) is 10.4.